The summed E-state index contributed by atoms with van der Waals surface area (Å²) in [5.74, 6) is 0.353. The Hall–Kier alpha value is 0.01000. The van der Waals surface area contributed by atoms with E-state index in [1.807, 2.05) is 4.90 Å². The van der Waals surface area contributed by atoms with Gasteiger partial charge in [-0.05, 0) is 6.42 Å². The highest BCUT2D eigenvalue weighted by Gasteiger charge is 2.31. The van der Waals surface area contributed by atoms with Crippen LogP contribution in [0.5, 0.6) is 0 Å². The molecule has 0 radical (unpaired) electrons. The van der Waals surface area contributed by atoms with Gasteiger partial charge in [-0.3, -0.25) is 4.79 Å². The topological polar surface area (TPSA) is 32.3 Å². The Morgan fingerprint density at radius 2 is 2.17 bits per heavy atom. The van der Waals surface area contributed by atoms with Gasteiger partial charge in [-0.25, -0.2) is 0 Å². The molecule has 2 rings (SSSR count). The lowest BCUT2D eigenvalue weighted by atomic mass is 10.2. The Labute approximate surface area is 84.7 Å². The number of fused-ring (bicyclic) bond motifs is 1. The molecule has 0 aliphatic carbocycles. The molecule has 0 saturated carbocycles. The summed E-state index contributed by atoms with van der Waals surface area (Å²) < 4.78 is 0. The maximum Gasteiger partial charge on any atom is 0.222 e. The van der Waals surface area contributed by atoms with Gasteiger partial charge in [0.2, 0.25) is 5.91 Å². The summed E-state index contributed by atoms with van der Waals surface area (Å²) in [6.07, 6.45) is 1.83. The van der Waals surface area contributed by atoms with Crippen LogP contribution in [-0.4, -0.2) is 36.5 Å². The van der Waals surface area contributed by atoms with E-state index in [9.17, 15) is 4.79 Å². The van der Waals surface area contributed by atoms with E-state index in [1.165, 1.54) is 0 Å². The van der Waals surface area contributed by atoms with E-state index < -0.39 is 0 Å². The first kappa shape index (κ1) is 12.0. The molecular formula is C7H14Cl2N2O. The van der Waals surface area contributed by atoms with Crippen LogP contribution in [0.3, 0.4) is 0 Å². The molecular weight excluding hydrogens is 199 g/mol. The predicted molar refractivity (Wildman–Crippen MR) is 52.1 cm³/mol. The van der Waals surface area contributed by atoms with Crippen LogP contribution in [0.25, 0.3) is 0 Å². The largest absolute Gasteiger partial charge is 0.337 e. The van der Waals surface area contributed by atoms with E-state index in [0.717, 1.165) is 32.5 Å². The molecule has 0 aromatic rings. The van der Waals surface area contributed by atoms with Crippen LogP contribution in [0.4, 0.5) is 0 Å². The van der Waals surface area contributed by atoms with Crippen LogP contribution >= 0.6 is 24.8 Å². The van der Waals surface area contributed by atoms with Gasteiger partial charge < -0.3 is 10.2 Å². The number of piperazine rings is 1. The van der Waals surface area contributed by atoms with Gasteiger partial charge in [0.15, 0.2) is 0 Å². The van der Waals surface area contributed by atoms with Crippen molar-refractivity contribution in [3.8, 4) is 0 Å². The Morgan fingerprint density at radius 3 is 2.83 bits per heavy atom. The van der Waals surface area contributed by atoms with Gasteiger partial charge in [-0.15, -0.1) is 24.8 Å². The molecule has 1 amide bonds. The van der Waals surface area contributed by atoms with Crippen LogP contribution in [0.2, 0.25) is 0 Å². The van der Waals surface area contributed by atoms with Crippen LogP contribution in [0.1, 0.15) is 12.8 Å². The predicted octanol–water partition coefficient (Wildman–Crippen LogP) is 0.424. The number of nitrogens with one attached hydrogen (secondary N) is 1. The minimum Gasteiger partial charge on any atom is -0.337 e. The molecule has 2 fully saturated rings. The quantitative estimate of drug-likeness (QED) is 0.632. The highest BCUT2D eigenvalue weighted by atomic mass is 35.5. The number of hydrogen-bond acceptors (Lipinski definition) is 2. The molecule has 1 unspecified atom stereocenters. The Kier molecular flexibility index (Phi) is 4.90. The number of hydrogen-bond donors (Lipinski definition) is 1. The summed E-state index contributed by atoms with van der Waals surface area (Å²) in [6, 6.07) is 0.515. The maximum atomic E-state index is 11.1. The van der Waals surface area contributed by atoms with Crippen molar-refractivity contribution in [2.24, 2.45) is 0 Å². The van der Waals surface area contributed by atoms with Crippen LogP contribution in [0.15, 0.2) is 0 Å². The highest BCUT2D eigenvalue weighted by Crippen LogP contribution is 2.18. The second kappa shape index (κ2) is 4.90. The summed E-state index contributed by atoms with van der Waals surface area (Å²) in [6.45, 7) is 2.90. The lowest BCUT2D eigenvalue weighted by molar-refractivity contribution is -0.129. The van der Waals surface area contributed by atoms with Crippen LogP contribution in [-0.2, 0) is 4.79 Å². The molecule has 0 aromatic heterocycles. The third kappa shape index (κ3) is 2.03. The number of amides is 1. The van der Waals surface area contributed by atoms with Crippen LogP contribution in [0, 0.1) is 0 Å². The van der Waals surface area contributed by atoms with Gasteiger partial charge in [0.1, 0.15) is 0 Å². The lowest BCUT2D eigenvalue weighted by Gasteiger charge is -2.29. The number of carbonyl (C=O) groups is 1. The van der Waals surface area contributed by atoms with Crippen molar-refractivity contribution in [3.63, 3.8) is 0 Å². The maximum absolute atomic E-state index is 11.1. The Bertz CT molecular complexity index is 165. The summed E-state index contributed by atoms with van der Waals surface area (Å²) in [7, 11) is 0. The molecule has 72 valence electrons. The smallest absolute Gasteiger partial charge is 0.222 e. The highest BCUT2D eigenvalue weighted by molar-refractivity contribution is 5.85. The molecule has 3 nitrogen and oxygen atoms in total. The molecule has 0 spiro atoms. The molecule has 0 aromatic carbocycles. The molecule has 1 atom stereocenters. The van der Waals surface area contributed by atoms with Gasteiger partial charge in [-0.2, -0.15) is 0 Å². The second-order valence-corrected chi connectivity index (χ2v) is 2.98. The zero-order valence-electron chi connectivity index (χ0n) is 6.78. The second-order valence-electron chi connectivity index (χ2n) is 2.98. The lowest BCUT2D eigenvalue weighted by Crippen LogP contribution is -2.49. The normalized spacial score (nSPS) is 27.2. The molecule has 2 aliphatic heterocycles. The Morgan fingerprint density at radius 1 is 1.42 bits per heavy atom. The van der Waals surface area contributed by atoms with Crippen molar-refractivity contribution in [1.82, 2.24) is 10.2 Å². The minimum absolute atomic E-state index is 0. The Balaban J connectivity index is 0.000000605. The average molecular weight is 213 g/mol. The van der Waals surface area contributed by atoms with Gasteiger partial charge in [-0.1, -0.05) is 0 Å². The van der Waals surface area contributed by atoms with Gasteiger partial charge in [0, 0.05) is 32.1 Å². The minimum atomic E-state index is 0. The first-order valence-corrected chi connectivity index (χ1v) is 3.88. The summed E-state index contributed by atoms with van der Waals surface area (Å²) >= 11 is 0. The van der Waals surface area contributed by atoms with Gasteiger partial charge in [0.25, 0.3) is 0 Å². The van der Waals surface area contributed by atoms with E-state index in [0.29, 0.717) is 11.9 Å². The molecule has 2 heterocycles. The fourth-order valence-corrected chi connectivity index (χ4v) is 1.78. The molecule has 2 aliphatic rings. The van der Waals surface area contributed by atoms with Crippen molar-refractivity contribution >= 4 is 30.7 Å². The van der Waals surface area contributed by atoms with E-state index in [2.05, 4.69) is 5.32 Å². The third-order valence-electron chi connectivity index (χ3n) is 2.36. The first-order valence-electron chi connectivity index (χ1n) is 3.88. The first-order chi connectivity index (χ1) is 4.88. The van der Waals surface area contributed by atoms with Crippen molar-refractivity contribution in [3.05, 3.63) is 0 Å². The third-order valence-corrected chi connectivity index (χ3v) is 2.36. The van der Waals surface area contributed by atoms with E-state index in [-0.39, 0.29) is 24.8 Å². The van der Waals surface area contributed by atoms with Crippen LogP contribution < -0.4 is 5.32 Å². The fourth-order valence-electron chi connectivity index (χ4n) is 1.78. The molecule has 12 heavy (non-hydrogen) atoms. The summed E-state index contributed by atoms with van der Waals surface area (Å²) in [5.41, 5.74) is 0. The van der Waals surface area contributed by atoms with Gasteiger partial charge >= 0.3 is 0 Å². The van der Waals surface area contributed by atoms with E-state index in [1.54, 1.807) is 0 Å². The van der Waals surface area contributed by atoms with Crippen molar-refractivity contribution < 1.29 is 4.79 Å². The number of nitrogens with zero attached hydrogens (tertiary/aromatic N) is 1. The molecule has 2 saturated heterocycles. The van der Waals surface area contributed by atoms with E-state index >= 15 is 0 Å². The zero-order chi connectivity index (χ0) is 6.97. The standard InChI is InChI=1S/C7H12N2O.2ClH/c10-7-2-1-6-5-8-3-4-9(6)7;;/h6,8H,1-5H2;2*1H. The van der Waals surface area contributed by atoms with Gasteiger partial charge in [0.05, 0.1) is 0 Å². The van der Waals surface area contributed by atoms with Crippen molar-refractivity contribution in [2.75, 3.05) is 19.6 Å². The SMILES string of the molecule is Cl.Cl.O=C1CCC2CNCCN12. The number of carbonyl (C=O) groups excluding carboxylic acids is 1. The summed E-state index contributed by atoms with van der Waals surface area (Å²) in [4.78, 5) is 13.1. The summed E-state index contributed by atoms with van der Waals surface area (Å²) in [5, 5.41) is 3.28. The van der Waals surface area contributed by atoms with Crippen molar-refractivity contribution in [1.29, 1.82) is 0 Å². The molecule has 0 bridgehead atoms. The fraction of sp³-hybridized carbons (Fsp3) is 0.857. The zero-order valence-corrected chi connectivity index (χ0v) is 8.42. The molecule has 5 heteroatoms. The van der Waals surface area contributed by atoms with Crippen molar-refractivity contribution in [2.45, 2.75) is 18.9 Å². The number of rotatable bonds is 0. The average Bonchev–Trinajstić information content (AvgIpc) is 2.34. The van der Waals surface area contributed by atoms with E-state index in [4.69, 9.17) is 0 Å². The number of halogens is 2. The monoisotopic (exact) mass is 212 g/mol. The molecule has 1 N–H and O–H groups in total.